The molecule has 0 heterocycles. The third kappa shape index (κ3) is 7.75. The third-order valence-corrected chi connectivity index (χ3v) is 7.33. The first-order valence-electron chi connectivity index (χ1n) is 13.8. The molecule has 49 heavy (non-hydrogen) atoms. The van der Waals surface area contributed by atoms with Crippen molar-refractivity contribution in [1.29, 1.82) is 0 Å². The number of phosphoric acid groups is 1. The Morgan fingerprint density at radius 1 is 0.429 bits per heavy atom. The van der Waals surface area contributed by atoms with Gasteiger partial charge in [-0.05, 0) is 79.2 Å². The van der Waals surface area contributed by atoms with E-state index in [0.29, 0.717) is 22.3 Å². The molecule has 0 unspecified atom stereocenters. The van der Waals surface area contributed by atoms with Crippen molar-refractivity contribution in [2.75, 3.05) is 0 Å². The minimum Gasteiger partial charge on any atom is -0.303 e. The zero-order valence-electron chi connectivity index (χ0n) is 24.6. The number of nitro benzene ring substituents is 4. The zero-order chi connectivity index (χ0) is 35.6. The van der Waals surface area contributed by atoms with Crippen LogP contribution in [0, 0.1) is 40.5 Å². The van der Waals surface area contributed by atoms with E-state index in [1.165, 1.54) is 24.3 Å². The summed E-state index contributed by atoms with van der Waals surface area (Å²) in [6, 6.07) is 28.9. The topological polar surface area (TPSA) is 250 Å². The molecule has 17 heteroatoms. The second kappa shape index (κ2) is 13.3. The van der Waals surface area contributed by atoms with Gasteiger partial charge in [-0.2, -0.15) is 0 Å². The lowest BCUT2D eigenvalue weighted by Crippen LogP contribution is -1.95. The van der Waals surface area contributed by atoms with E-state index in [-0.39, 0.29) is 11.1 Å². The van der Waals surface area contributed by atoms with Crippen molar-refractivity contribution in [3.8, 4) is 33.4 Å². The molecule has 0 aliphatic rings. The predicted molar refractivity (Wildman–Crippen MR) is 179 cm³/mol. The van der Waals surface area contributed by atoms with Crippen LogP contribution in [0.4, 0.5) is 22.7 Å². The summed E-state index contributed by atoms with van der Waals surface area (Å²) in [6.45, 7) is 0. The van der Waals surface area contributed by atoms with Crippen LogP contribution in [0.15, 0.2) is 109 Å². The summed E-state index contributed by atoms with van der Waals surface area (Å²) in [5.41, 5.74) is 1.19. The fourth-order valence-corrected chi connectivity index (χ4v) is 5.35. The number of non-ortho nitro benzene ring substituents is 4. The van der Waals surface area contributed by atoms with Crippen LogP contribution in [0.5, 0.6) is 0 Å². The van der Waals surface area contributed by atoms with E-state index >= 15 is 0 Å². The minimum absolute atomic E-state index is 0.271. The third-order valence-electron chi connectivity index (χ3n) is 7.33. The van der Waals surface area contributed by atoms with Crippen molar-refractivity contribution < 1.29 is 38.9 Å². The molecule has 0 saturated heterocycles. The SMILES string of the molecule is O=P(O)(O)O.O=[N+]([O-])c1cc(-c2cc(-c3cc(-c4cc([N+](=O)[O-])cc([N+](=O)[O-])c4)cc4ccccc34)c3ccccc3c2)cc([N+](=O)[O-])c1. The lowest BCUT2D eigenvalue weighted by Gasteiger charge is -2.15. The van der Waals surface area contributed by atoms with Crippen molar-refractivity contribution in [2.45, 2.75) is 0 Å². The smallest absolute Gasteiger partial charge is 0.303 e. The largest absolute Gasteiger partial charge is 0.466 e. The van der Waals surface area contributed by atoms with Gasteiger partial charge in [-0.25, -0.2) is 4.57 Å². The molecule has 0 aliphatic carbocycles. The normalized spacial score (nSPS) is 11.1. The molecule has 0 spiro atoms. The second-order valence-electron chi connectivity index (χ2n) is 10.5. The monoisotopic (exact) mass is 684 g/mol. The maximum Gasteiger partial charge on any atom is 0.466 e. The van der Waals surface area contributed by atoms with Gasteiger partial charge in [-0.1, -0.05) is 48.5 Å². The Hall–Kier alpha value is -6.45. The van der Waals surface area contributed by atoms with E-state index in [1.54, 1.807) is 24.3 Å². The van der Waals surface area contributed by atoms with E-state index in [1.807, 2.05) is 48.5 Å². The van der Waals surface area contributed by atoms with Gasteiger partial charge < -0.3 is 14.7 Å². The number of benzene rings is 6. The Bertz CT molecular complexity index is 2160. The van der Waals surface area contributed by atoms with Crippen LogP contribution < -0.4 is 0 Å². The van der Waals surface area contributed by atoms with Crippen LogP contribution in [0.25, 0.3) is 54.9 Å². The van der Waals surface area contributed by atoms with Gasteiger partial charge in [0.2, 0.25) is 0 Å². The van der Waals surface area contributed by atoms with Crippen LogP contribution in [0.1, 0.15) is 0 Å². The molecule has 3 N–H and O–H groups in total. The molecule has 0 atom stereocenters. The van der Waals surface area contributed by atoms with E-state index in [0.717, 1.165) is 33.7 Å². The maximum atomic E-state index is 11.6. The summed E-state index contributed by atoms with van der Waals surface area (Å²) in [5, 5.41) is 49.6. The van der Waals surface area contributed by atoms with Crippen molar-refractivity contribution >= 4 is 52.1 Å². The first-order chi connectivity index (χ1) is 23.1. The summed E-state index contributed by atoms with van der Waals surface area (Å²) in [6.07, 6.45) is 0. The highest BCUT2D eigenvalue weighted by Gasteiger charge is 2.21. The highest BCUT2D eigenvalue weighted by molar-refractivity contribution is 7.45. The van der Waals surface area contributed by atoms with Gasteiger partial charge in [0.05, 0.1) is 31.8 Å². The summed E-state index contributed by atoms with van der Waals surface area (Å²) < 4.78 is 8.88. The molecule has 0 aliphatic heterocycles. The molecule has 246 valence electrons. The average molecular weight is 685 g/mol. The van der Waals surface area contributed by atoms with Crippen LogP contribution in [0.2, 0.25) is 0 Å². The number of nitro groups is 4. The van der Waals surface area contributed by atoms with Gasteiger partial charge in [0.1, 0.15) is 0 Å². The standard InChI is InChI=1S/C32H18N4O8.H3O4P/c37-33(38)25-11-23(12-26(17-25)34(39)40)21-9-19-5-1-3-7-29(19)31(15-21)32-16-22(10-20-6-2-4-8-30(20)32)24-13-27(35(41)42)18-28(14-24)36(43)44;1-5(2,3)4/h1-18H;(H3,1,2,3,4). The molecule has 0 bridgehead atoms. The molecular formula is C32H21N4O12P. The summed E-state index contributed by atoms with van der Waals surface area (Å²) in [7, 11) is -4.64. The molecule has 0 saturated carbocycles. The lowest BCUT2D eigenvalue weighted by molar-refractivity contribution is -0.394. The Labute approximate surface area is 274 Å². The molecular weight excluding hydrogens is 663 g/mol. The van der Waals surface area contributed by atoms with Crippen molar-refractivity contribution in [1.82, 2.24) is 0 Å². The molecule has 6 aromatic carbocycles. The van der Waals surface area contributed by atoms with Crippen molar-refractivity contribution in [3.63, 3.8) is 0 Å². The molecule has 0 aromatic heterocycles. The van der Waals surface area contributed by atoms with Crippen LogP contribution >= 0.6 is 7.82 Å². The fourth-order valence-electron chi connectivity index (χ4n) is 5.35. The Kier molecular flexibility index (Phi) is 9.23. The summed E-state index contributed by atoms with van der Waals surface area (Å²) >= 11 is 0. The highest BCUT2D eigenvalue weighted by Crippen LogP contribution is 2.42. The zero-order valence-corrected chi connectivity index (χ0v) is 25.5. The van der Waals surface area contributed by atoms with E-state index in [4.69, 9.17) is 19.2 Å². The number of hydrogen-bond acceptors (Lipinski definition) is 9. The minimum atomic E-state index is -4.64. The van der Waals surface area contributed by atoms with Gasteiger partial charge >= 0.3 is 7.82 Å². The quantitative estimate of drug-likeness (QED) is 0.0831. The number of rotatable bonds is 7. The van der Waals surface area contributed by atoms with Gasteiger partial charge in [-0.15, -0.1) is 0 Å². The van der Waals surface area contributed by atoms with E-state index in [2.05, 4.69) is 0 Å². The van der Waals surface area contributed by atoms with Crippen molar-refractivity contribution in [3.05, 3.63) is 150 Å². The van der Waals surface area contributed by atoms with Gasteiger partial charge in [-0.3, -0.25) is 40.5 Å². The first-order valence-corrected chi connectivity index (χ1v) is 15.4. The second-order valence-corrected chi connectivity index (χ2v) is 11.5. The Morgan fingerprint density at radius 2 is 0.694 bits per heavy atom. The molecule has 6 aromatic rings. The molecule has 0 fully saturated rings. The number of fused-ring (bicyclic) bond motifs is 2. The molecule has 6 rings (SSSR count). The molecule has 16 nitrogen and oxygen atoms in total. The van der Waals surface area contributed by atoms with E-state index < -0.39 is 50.3 Å². The summed E-state index contributed by atoms with van der Waals surface area (Å²) in [4.78, 5) is 65.3. The van der Waals surface area contributed by atoms with E-state index in [9.17, 15) is 40.5 Å². The van der Waals surface area contributed by atoms with Gasteiger partial charge in [0.25, 0.3) is 22.7 Å². The van der Waals surface area contributed by atoms with Gasteiger partial charge in [0, 0.05) is 24.3 Å². The highest BCUT2D eigenvalue weighted by atomic mass is 31.2. The predicted octanol–water partition coefficient (Wildman–Crippen LogP) is 7.70. The van der Waals surface area contributed by atoms with Gasteiger partial charge in [0.15, 0.2) is 0 Å². The first kappa shape index (κ1) is 33.9. The van der Waals surface area contributed by atoms with Crippen LogP contribution in [-0.4, -0.2) is 34.4 Å². The van der Waals surface area contributed by atoms with Crippen LogP contribution in [0.3, 0.4) is 0 Å². The maximum absolute atomic E-state index is 11.6. The Balaban J connectivity index is 0.000000874. The number of nitrogens with zero attached hydrogens (tertiary/aromatic N) is 4. The Morgan fingerprint density at radius 3 is 0.980 bits per heavy atom. The average Bonchev–Trinajstić information content (AvgIpc) is 3.06. The fraction of sp³-hybridized carbons (Fsp3) is 0. The van der Waals surface area contributed by atoms with Crippen LogP contribution in [-0.2, 0) is 4.57 Å². The molecule has 0 amide bonds. The lowest BCUT2D eigenvalue weighted by atomic mass is 9.88. The van der Waals surface area contributed by atoms with Crippen molar-refractivity contribution in [2.24, 2.45) is 0 Å². The number of hydrogen-bond donors (Lipinski definition) is 3. The summed E-state index contributed by atoms with van der Waals surface area (Å²) in [5.74, 6) is 0. The molecule has 0 radical (unpaired) electrons.